The lowest BCUT2D eigenvalue weighted by Crippen LogP contribution is -2.43. The minimum absolute atomic E-state index is 0.0865. The smallest absolute Gasteiger partial charge is 0.261 e. The third kappa shape index (κ3) is 3.73. The first-order chi connectivity index (χ1) is 7.58. The lowest BCUT2D eigenvalue weighted by molar-refractivity contribution is -0.134. The minimum Gasteiger partial charge on any atom is -0.382 e. The van der Waals surface area contributed by atoms with Gasteiger partial charge in [-0.2, -0.15) is 0 Å². The van der Waals surface area contributed by atoms with Crippen LogP contribution in [-0.2, 0) is 24.2 Å². The molecule has 1 aliphatic heterocycles. The number of nitrogens with one attached hydrogen (secondary N) is 1. The number of hydrogen-bond acceptors (Lipinski definition) is 5. The van der Waals surface area contributed by atoms with E-state index in [-0.39, 0.29) is 12.4 Å². The summed E-state index contributed by atoms with van der Waals surface area (Å²) in [5.74, 6) is -0.487. The van der Waals surface area contributed by atoms with Gasteiger partial charge in [0.05, 0.1) is 19.0 Å². The molecular weight excluding hydrogens is 234 g/mol. The van der Waals surface area contributed by atoms with E-state index >= 15 is 0 Å². The molecular formula is C9H17NO5S. The molecule has 0 aromatic carbocycles. The lowest BCUT2D eigenvalue weighted by atomic mass is 10.2. The summed E-state index contributed by atoms with van der Waals surface area (Å²) in [5, 5.41) is -0.955. The van der Waals surface area contributed by atoms with Crippen LogP contribution in [0.25, 0.3) is 0 Å². The average Bonchev–Trinajstić information content (AvgIpc) is 2.23. The fourth-order valence-electron chi connectivity index (χ4n) is 1.56. The maximum absolute atomic E-state index is 11.6. The van der Waals surface area contributed by atoms with E-state index in [9.17, 15) is 13.2 Å². The number of hydroxylamine groups is 1. The molecule has 1 atom stereocenters. The van der Waals surface area contributed by atoms with E-state index in [1.54, 1.807) is 0 Å². The van der Waals surface area contributed by atoms with E-state index in [2.05, 4.69) is 5.48 Å². The Morgan fingerprint density at radius 1 is 1.38 bits per heavy atom. The standard InChI is InChI=1S/C9H17NO5S/c1-14-5-6-15-10-9(11)8-4-2-3-7-16(8,12)13/h8H,2-7H2,1H3,(H,10,11). The van der Waals surface area contributed by atoms with E-state index in [0.717, 1.165) is 6.42 Å². The monoisotopic (exact) mass is 251 g/mol. The van der Waals surface area contributed by atoms with Crippen molar-refractivity contribution in [1.82, 2.24) is 5.48 Å². The van der Waals surface area contributed by atoms with Crippen molar-refractivity contribution in [2.75, 3.05) is 26.1 Å². The van der Waals surface area contributed by atoms with Crippen molar-refractivity contribution in [3.63, 3.8) is 0 Å². The van der Waals surface area contributed by atoms with Crippen molar-refractivity contribution in [2.24, 2.45) is 0 Å². The van der Waals surface area contributed by atoms with Gasteiger partial charge in [-0.3, -0.25) is 9.63 Å². The normalized spacial score (nSPS) is 23.9. The number of carbonyl (C=O) groups excluding carboxylic acids is 1. The summed E-state index contributed by atoms with van der Waals surface area (Å²) in [5.41, 5.74) is 2.14. The van der Waals surface area contributed by atoms with Gasteiger partial charge in [0, 0.05) is 7.11 Å². The number of carbonyl (C=O) groups is 1. The summed E-state index contributed by atoms with van der Waals surface area (Å²) in [7, 11) is -1.78. The summed E-state index contributed by atoms with van der Waals surface area (Å²) in [6.07, 6.45) is 1.77. The Morgan fingerprint density at radius 3 is 2.75 bits per heavy atom. The number of sulfone groups is 1. The second-order valence-corrected chi connectivity index (χ2v) is 5.96. The van der Waals surface area contributed by atoms with Crippen molar-refractivity contribution >= 4 is 15.7 Å². The molecule has 0 radical (unpaired) electrons. The van der Waals surface area contributed by atoms with Crippen LogP contribution >= 0.6 is 0 Å². The van der Waals surface area contributed by atoms with Gasteiger partial charge in [-0.1, -0.05) is 6.42 Å². The second kappa shape index (κ2) is 6.17. The van der Waals surface area contributed by atoms with Crippen LogP contribution in [0.2, 0.25) is 0 Å². The highest BCUT2D eigenvalue weighted by molar-refractivity contribution is 7.92. The van der Waals surface area contributed by atoms with Gasteiger partial charge in [0.2, 0.25) is 0 Å². The highest BCUT2D eigenvalue weighted by Crippen LogP contribution is 2.19. The fourth-order valence-corrected chi connectivity index (χ4v) is 3.35. The van der Waals surface area contributed by atoms with Gasteiger partial charge in [-0.05, 0) is 12.8 Å². The van der Waals surface area contributed by atoms with Crippen LogP contribution in [0.3, 0.4) is 0 Å². The van der Waals surface area contributed by atoms with E-state index in [1.807, 2.05) is 0 Å². The van der Waals surface area contributed by atoms with Crippen LogP contribution in [0.4, 0.5) is 0 Å². The minimum atomic E-state index is -3.29. The molecule has 1 saturated heterocycles. The molecule has 1 fully saturated rings. The molecule has 0 aliphatic carbocycles. The van der Waals surface area contributed by atoms with Crippen molar-refractivity contribution in [3.05, 3.63) is 0 Å². The molecule has 7 heteroatoms. The summed E-state index contributed by atoms with van der Waals surface area (Å²) in [6.45, 7) is 0.548. The van der Waals surface area contributed by atoms with Crippen molar-refractivity contribution in [2.45, 2.75) is 24.5 Å². The summed E-state index contributed by atoms with van der Waals surface area (Å²) >= 11 is 0. The number of ether oxygens (including phenoxy) is 1. The number of hydrogen-bond donors (Lipinski definition) is 1. The molecule has 0 spiro atoms. The Labute approximate surface area is 95.2 Å². The van der Waals surface area contributed by atoms with E-state index in [1.165, 1.54) is 7.11 Å². The number of methoxy groups -OCH3 is 1. The van der Waals surface area contributed by atoms with Crippen LogP contribution in [-0.4, -0.2) is 45.7 Å². The first-order valence-corrected chi connectivity index (χ1v) is 6.91. The molecule has 1 unspecified atom stereocenters. The Morgan fingerprint density at radius 2 is 2.12 bits per heavy atom. The van der Waals surface area contributed by atoms with Crippen LogP contribution < -0.4 is 5.48 Å². The van der Waals surface area contributed by atoms with Gasteiger partial charge < -0.3 is 4.74 Å². The Kier molecular flexibility index (Phi) is 5.17. The molecule has 1 amide bonds. The van der Waals surface area contributed by atoms with Gasteiger partial charge in [0.1, 0.15) is 5.25 Å². The zero-order valence-electron chi connectivity index (χ0n) is 9.27. The zero-order chi connectivity index (χ0) is 12.0. The lowest BCUT2D eigenvalue weighted by Gasteiger charge is -2.20. The molecule has 1 aliphatic rings. The molecule has 1 heterocycles. The topological polar surface area (TPSA) is 81.7 Å². The zero-order valence-corrected chi connectivity index (χ0v) is 10.1. The quantitative estimate of drug-likeness (QED) is 0.533. The maximum atomic E-state index is 11.6. The molecule has 94 valence electrons. The van der Waals surface area contributed by atoms with Gasteiger partial charge in [-0.25, -0.2) is 13.9 Å². The van der Waals surface area contributed by atoms with Gasteiger partial charge in [0.15, 0.2) is 9.84 Å². The van der Waals surface area contributed by atoms with Gasteiger partial charge >= 0.3 is 0 Å². The molecule has 0 saturated carbocycles. The SMILES string of the molecule is COCCONC(=O)C1CCCCS1(=O)=O. The first-order valence-electron chi connectivity index (χ1n) is 5.20. The molecule has 0 bridgehead atoms. The van der Waals surface area contributed by atoms with Crippen molar-refractivity contribution in [3.8, 4) is 0 Å². The molecule has 1 N–H and O–H groups in total. The Bertz CT molecular complexity index is 327. The Balaban J connectivity index is 2.40. The average molecular weight is 251 g/mol. The van der Waals surface area contributed by atoms with Crippen LogP contribution in [0, 0.1) is 0 Å². The maximum Gasteiger partial charge on any atom is 0.261 e. The van der Waals surface area contributed by atoms with Gasteiger partial charge in [-0.15, -0.1) is 0 Å². The first kappa shape index (κ1) is 13.4. The third-order valence-electron chi connectivity index (χ3n) is 2.43. The van der Waals surface area contributed by atoms with E-state index in [0.29, 0.717) is 19.4 Å². The largest absolute Gasteiger partial charge is 0.382 e. The van der Waals surface area contributed by atoms with Crippen molar-refractivity contribution in [1.29, 1.82) is 0 Å². The van der Waals surface area contributed by atoms with Gasteiger partial charge in [0.25, 0.3) is 5.91 Å². The number of rotatable bonds is 5. The van der Waals surface area contributed by atoms with Crippen LogP contribution in [0.5, 0.6) is 0 Å². The molecule has 16 heavy (non-hydrogen) atoms. The summed E-state index contributed by atoms with van der Waals surface area (Å²) in [4.78, 5) is 16.3. The molecule has 0 aromatic heterocycles. The predicted molar refractivity (Wildman–Crippen MR) is 57.4 cm³/mol. The van der Waals surface area contributed by atoms with E-state index in [4.69, 9.17) is 9.57 Å². The summed E-state index contributed by atoms with van der Waals surface area (Å²) < 4.78 is 27.9. The van der Waals surface area contributed by atoms with Crippen LogP contribution in [0.1, 0.15) is 19.3 Å². The number of amides is 1. The Hall–Kier alpha value is -0.660. The predicted octanol–water partition coefficient (Wildman–Crippen LogP) is -0.352. The van der Waals surface area contributed by atoms with E-state index < -0.39 is 21.0 Å². The molecule has 1 rings (SSSR count). The highest BCUT2D eigenvalue weighted by Gasteiger charge is 2.34. The fraction of sp³-hybridized carbons (Fsp3) is 0.889. The summed E-state index contributed by atoms with van der Waals surface area (Å²) in [6, 6.07) is 0. The second-order valence-electron chi connectivity index (χ2n) is 3.66. The van der Waals surface area contributed by atoms with Crippen LogP contribution in [0.15, 0.2) is 0 Å². The molecule has 0 aromatic rings. The van der Waals surface area contributed by atoms with Crippen molar-refractivity contribution < 1.29 is 22.8 Å². The molecule has 6 nitrogen and oxygen atoms in total. The highest BCUT2D eigenvalue weighted by atomic mass is 32.2. The third-order valence-corrected chi connectivity index (χ3v) is 4.61.